The molecule has 2 aromatic heterocycles. The summed E-state index contributed by atoms with van der Waals surface area (Å²) in [5.41, 5.74) is 3.64. The summed E-state index contributed by atoms with van der Waals surface area (Å²) in [6.45, 7) is 2.02. The molecule has 1 N–H and O–H groups in total. The van der Waals surface area contributed by atoms with E-state index in [0.717, 1.165) is 16.8 Å². The lowest BCUT2D eigenvalue weighted by molar-refractivity contribution is 0.466. The van der Waals surface area contributed by atoms with Crippen LogP contribution in [0.2, 0.25) is 5.02 Å². The van der Waals surface area contributed by atoms with Crippen molar-refractivity contribution in [1.29, 1.82) is 5.26 Å². The van der Waals surface area contributed by atoms with Crippen LogP contribution < -0.4 is 0 Å². The number of aliphatic hydroxyl groups is 1. The van der Waals surface area contributed by atoms with Crippen LogP contribution in [-0.4, -0.2) is 10.1 Å². The molecule has 29 heavy (non-hydrogen) atoms. The number of aromatic nitrogens is 1. The van der Waals surface area contributed by atoms with E-state index < -0.39 is 0 Å². The maximum absolute atomic E-state index is 10.7. The third-order valence-electron chi connectivity index (χ3n) is 4.39. The molecule has 2 heterocycles. The van der Waals surface area contributed by atoms with E-state index in [1.165, 1.54) is 11.3 Å². The first-order valence-electron chi connectivity index (χ1n) is 8.78. The molecule has 0 aliphatic rings. The molecule has 0 bridgehead atoms. The highest BCUT2D eigenvalue weighted by Crippen LogP contribution is 2.34. The van der Waals surface area contributed by atoms with E-state index in [4.69, 9.17) is 16.0 Å². The number of aliphatic hydroxyl groups excluding tert-OH is 1. The second-order valence-corrected chi connectivity index (χ2v) is 7.65. The highest BCUT2D eigenvalue weighted by molar-refractivity contribution is 7.11. The molecule has 142 valence electrons. The molecule has 0 fully saturated rings. The van der Waals surface area contributed by atoms with Crippen LogP contribution in [-0.2, 0) is 0 Å². The van der Waals surface area contributed by atoms with Crippen molar-refractivity contribution in [3.63, 3.8) is 0 Å². The smallest absolute Gasteiger partial charge is 0.179 e. The Hall–Kier alpha value is -3.33. The second kappa shape index (κ2) is 7.96. The number of benzene rings is 2. The Balaban J connectivity index is 1.70. The summed E-state index contributed by atoms with van der Waals surface area (Å²) in [5, 5.41) is 23.1. The van der Waals surface area contributed by atoms with Crippen LogP contribution in [0.1, 0.15) is 16.3 Å². The van der Waals surface area contributed by atoms with E-state index in [1.807, 2.05) is 60.8 Å². The Morgan fingerprint density at radius 3 is 2.59 bits per heavy atom. The van der Waals surface area contributed by atoms with Gasteiger partial charge in [-0.15, -0.1) is 11.3 Å². The summed E-state index contributed by atoms with van der Waals surface area (Å²) in [5.74, 6) is 0.438. The first-order valence-corrected chi connectivity index (χ1v) is 10.0. The monoisotopic (exact) mass is 418 g/mol. The zero-order valence-corrected chi connectivity index (χ0v) is 17.0. The first-order chi connectivity index (χ1) is 14.1. The summed E-state index contributed by atoms with van der Waals surface area (Å²) in [6.07, 6.45) is 0. The number of halogens is 1. The zero-order valence-electron chi connectivity index (χ0n) is 15.4. The fraction of sp³-hybridized carbons (Fsp3) is 0.0435. The van der Waals surface area contributed by atoms with Gasteiger partial charge in [0.15, 0.2) is 11.5 Å². The molecule has 6 heteroatoms. The van der Waals surface area contributed by atoms with E-state index in [2.05, 4.69) is 4.98 Å². The SMILES string of the molecule is Cc1ccc(-c2csc(C(C#N)=C(O)c3ccc(-c4ccccc4Cl)o3)n2)cc1. The number of furan rings is 1. The maximum atomic E-state index is 10.7. The van der Waals surface area contributed by atoms with Gasteiger partial charge in [-0.3, -0.25) is 0 Å². The normalized spacial score (nSPS) is 11.8. The molecule has 0 aliphatic heterocycles. The van der Waals surface area contributed by atoms with Gasteiger partial charge in [0.25, 0.3) is 0 Å². The average molecular weight is 419 g/mol. The molecule has 4 aromatic rings. The van der Waals surface area contributed by atoms with Crippen molar-refractivity contribution in [2.75, 3.05) is 0 Å². The first kappa shape index (κ1) is 19.0. The van der Waals surface area contributed by atoms with Gasteiger partial charge in [-0.1, -0.05) is 53.6 Å². The number of allylic oxidation sites excluding steroid dienone is 1. The van der Waals surface area contributed by atoms with Gasteiger partial charge in [0.05, 0.1) is 10.7 Å². The lowest BCUT2D eigenvalue weighted by Gasteiger charge is -2.01. The fourth-order valence-corrected chi connectivity index (χ4v) is 3.89. The molecule has 0 atom stereocenters. The molecule has 0 unspecified atom stereocenters. The number of nitriles is 1. The van der Waals surface area contributed by atoms with Gasteiger partial charge in [0, 0.05) is 16.5 Å². The van der Waals surface area contributed by atoms with Crippen molar-refractivity contribution in [2.45, 2.75) is 6.92 Å². The Morgan fingerprint density at radius 1 is 1.10 bits per heavy atom. The summed E-state index contributed by atoms with van der Waals surface area (Å²) in [4.78, 5) is 4.52. The lowest BCUT2D eigenvalue weighted by atomic mass is 10.1. The van der Waals surface area contributed by atoms with E-state index in [9.17, 15) is 10.4 Å². The second-order valence-electron chi connectivity index (χ2n) is 6.38. The van der Waals surface area contributed by atoms with Crippen LogP contribution in [0, 0.1) is 18.3 Å². The minimum atomic E-state index is -0.254. The van der Waals surface area contributed by atoms with E-state index in [1.54, 1.807) is 18.2 Å². The van der Waals surface area contributed by atoms with Crippen LogP contribution in [0.5, 0.6) is 0 Å². The third kappa shape index (κ3) is 3.81. The summed E-state index contributed by atoms with van der Waals surface area (Å²) >= 11 is 7.50. The van der Waals surface area contributed by atoms with Crippen LogP contribution in [0.4, 0.5) is 0 Å². The minimum absolute atomic E-state index is 0.0634. The molecule has 0 amide bonds. The lowest BCUT2D eigenvalue weighted by Crippen LogP contribution is -1.89. The molecular formula is C23H15ClN2O2S. The molecule has 0 spiro atoms. The van der Waals surface area contributed by atoms with Crippen LogP contribution >= 0.6 is 22.9 Å². The molecule has 0 saturated carbocycles. The van der Waals surface area contributed by atoms with Crippen LogP contribution in [0.15, 0.2) is 70.5 Å². The molecule has 0 saturated heterocycles. The Bertz CT molecular complexity index is 1250. The van der Waals surface area contributed by atoms with Gasteiger partial charge in [0.1, 0.15) is 22.4 Å². The Morgan fingerprint density at radius 2 is 1.86 bits per heavy atom. The zero-order chi connectivity index (χ0) is 20.4. The Labute approximate surface area is 177 Å². The molecule has 0 radical (unpaired) electrons. The van der Waals surface area contributed by atoms with Gasteiger partial charge in [0.2, 0.25) is 0 Å². The van der Waals surface area contributed by atoms with Crippen molar-refractivity contribution < 1.29 is 9.52 Å². The highest BCUT2D eigenvalue weighted by Gasteiger charge is 2.18. The third-order valence-corrected chi connectivity index (χ3v) is 5.58. The number of nitrogens with zero attached hydrogens (tertiary/aromatic N) is 2. The number of aryl methyl sites for hydroxylation is 1. The Kier molecular flexibility index (Phi) is 5.22. The average Bonchev–Trinajstić information content (AvgIpc) is 3.40. The summed E-state index contributed by atoms with van der Waals surface area (Å²) < 4.78 is 5.75. The molecule has 4 rings (SSSR count). The molecule has 0 aliphatic carbocycles. The van der Waals surface area contributed by atoms with Crippen molar-refractivity contribution in [1.82, 2.24) is 4.98 Å². The number of hydrogen-bond acceptors (Lipinski definition) is 5. The number of thiazole rings is 1. The van der Waals surface area contributed by atoms with Gasteiger partial charge < -0.3 is 9.52 Å². The van der Waals surface area contributed by atoms with E-state index in [-0.39, 0.29) is 17.1 Å². The van der Waals surface area contributed by atoms with Gasteiger partial charge in [-0.25, -0.2) is 4.98 Å². The van der Waals surface area contributed by atoms with Crippen LogP contribution in [0.3, 0.4) is 0 Å². The highest BCUT2D eigenvalue weighted by atomic mass is 35.5. The van der Waals surface area contributed by atoms with Crippen molar-refractivity contribution in [3.8, 4) is 28.7 Å². The summed E-state index contributed by atoms with van der Waals surface area (Å²) in [6, 6.07) is 20.6. The number of rotatable bonds is 4. The standard InChI is InChI=1S/C23H15ClN2O2S/c1-14-6-8-15(9-7-14)19-13-29-23(26-19)17(12-25)22(27)21-11-10-20(28-21)16-4-2-3-5-18(16)24/h2-11,13,27H,1H3. The quantitative estimate of drug-likeness (QED) is 0.286. The number of hydrogen-bond donors (Lipinski definition) is 1. The van der Waals surface area contributed by atoms with Gasteiger partial charge >= 0.3 is 0 Å². The molecular weight excluding hydrogens is 404 g/mol. The van der Waals surface area contributed by atoms with Crippen molar-refractivity contribution >= 4 is 34.3 Å². The molecule has 4 nitrogen and oxygen atoms in total. The van der Waals surface area contributed by atoms with E-state index in [0.29, 0.717) is 21.4 Å². The van der Waals surface area contributed by atoms with Gasteiger partial charge in [-0.2, -0.15) is 5.26 Å². The topological polar surface area (TPSA) is 70.0 Å². The summed E-state index contributed by atoms with van der Waals surface area (Å²) in [7, 11) is 0. The maximum Gasteiger partial charge on any atom is 0.179 e. The van der Waals surface area contributed by atoms with E-state index >= 15 is 0 Å². The van der Waals surface area contributed by atoms with Gasteiger partial charge in [-0.05, 0) is 31.2 Å². The van der Waals surface area contributed by atoms with Crippen molar-refractivity contribution in [2.24, 2.45) is 0 Å². The predicted octanol–water partition coefficient (Wildman–Crippen LogP) is 6.98. The largest absolute Gasteiger partial charge is 0.503 e. The molecule has 2 aromatic carbocycles. The van der Waals surface area contributed by atoms with Crippen molar-refractivity contribution in [3.05, 3.63) is 87.4 Å². The predicted molar refractivity (Wildman–Crippen MR) is 116 cm³/mol. The van der Waals surface area contributed by atoms with Crippen LogP contribution in [0.25, 0.3) is 33.9 Å². The minimum Gasteiger partial charge on any atom is -0.503 e. The fourth-order valence-electron chi connectivity index (χ4n) is 2.84.